The van der Waals surface area contributed by atoms with Crippen LogP contribution in [0.15, 0.2) is 16.6 Å². The standard InChI is InChI=1S/C16H14Cl6O2/c1-16(2)8(5-11(18)19)4-9(16)15(23)24-6-7-3-10(17)13(21)14(22)12(7)20/h3,5,8-9H,4,6H2,1-2H3. The van der Waals surface area contributed by atoms with Gasteiger partial charge in [0.2, 0.25) is 0 Å². The van der Waals surface area contributed by atoms with Gasteiger partial charge in [0, 0.05) is 5.56 Å². The highest BCUT2D eigenvalue weighted by Gasteiger charge is 2.51. The van der Waals surface area contributed by atoms with E-state index in [-0.39, 0.29) is 54.4 Å². The van der Waals surface area contributed by atoms with Crippen LogP contribution in [0.2, 0.25) is 20.1 Å². The Labute approximate surface area is 170 Å². The first-order valence-corrected chi connectivity index (χ1v) is 9.33. The minimum atomic E-state index is -0.311. The summed E-state index contributed by atoms with van der Waals surface area (Å²) in [7, 11) is 0. The number of esters is 1. The van der Waals surface area contributed by atoms with Crippen LogP contribution in [0.4, 0.5) is 0 Å². The summed E-state index contributed by atoms with van der Waals surface area (Å²) in [4.78, 5) is 12.3. The first-order chi connectivity index (χ1) is 11.1. The van der Waals surface area contributed by atoms with Crippen LogP contribution in [0.25, 0.3) is 0 Å². The molecule has 2 rings (SSSR count). The molecule has 0 spiro atoms. The van der Waals surface area contributed by atoms with Gasteiger partial charge in [-0.3, -0.25) is 4.79 Å². The van der Waals surface area contributed by atoms with Gasteiger partial charge in [-0.15, -0.1) is 0 Å². The second-order valence-electron chi connectivity index (χ2n) is 6.24. The molecule has 8 heteroatoms. The zero-order valence-electron chi connectivity index (χ0n) is 12.8. The first kappa shape index (κ1) is 20.5. The molecule has 0 aromatic heterocycles. The van der Waals surface area contributed by atoms with Crippen molar-refractivity contribution in [2.45, 2.75) is 26.9 Å². The molecule has 2 nitrogen and oxygen atoms in total. The number of hydrogen-bond donors (Lipinski definition) is 0. The summed E-state index contributed by atoms with van der Waals surface area (Å²) in [5, 5.41) is 0.790. The normalized spacial score (nSPS) is 21.8. The van der Waals surface area contributed by atoms with Gasteiger partial charge in [-0.25, -0.2) is 0 Å². The van der Waals surface area contributed by atoms with Crippen LogP contribution < -0.4 is 0 Å². The molecule has 0 saturated heterocycles. The van der Waals surface area contributed by atoms with Gasteiger partial charge >= 0.3 is 5.97 Å². The lowest BCUT2D eigenvalue weighted by Crippen LogP contribution is -2.48. The van der Waals surface area contributed by atoms with Crippen molar-refractivity contribution < 1.29 is 9.53 Å². The monoisotopic (exact) mass is 448 g/mol. The number of carbonyl (C=O) groups is 1. The van der Waals surface area contributed by atoms with Crippen molar-refractivity contribution in [3.05, 3.63) is 42.3 Å². The fourth-order valence-corrected chi connectivity index (χ4v) is 3.97. The molecule has 0 radical (unpaired) electrons. The molecule has 0 N–H and O–H groups in total. The largest absolute Gasteiger partial charge is 0.461 e. The SMILES string of the molecule is CC1(C)C(C=C(Cl)Cl)CC1C(=O)OCc1cc(Cl)c(Cl)c(Cl)c1Cl. The zero-order valence-corrected chi connectivity index (χ0v) is 17.3. The summed E-state index contributed by atoms with van der Waals surface area (Å²) in [5.41, 5.74) is 0.215. The van der Waals surface area contributed by atoms with Crippen molar-refractivity contribution in [1.82, 2.24) is 0 Å². The minimum Gasteiger partial charge on any atom is -0.461 e. The van der Waals surface area contributed by atoms with E-state index in [4.69, 9.17) is 74.3 Å². The maximum absolute atomic E-state index is 12.3. The number of allylic oxidation sites excluding steroid dienone is 1. The highest BCUT2D eigenvalue weighted by Crippen LogP contribution is 2.53. The molecule has 24 heavy (non-hydrogen) atoms. The van der Waals surface area contributed by atoms with E-state index >= 15 is 0 Å². The highest BCUT2D eigenvalue weighted by atomic mass is 35.5. The van der Waals surface area contributed by atoms with Gasteiger partial charge < -0.3 is 4.74 Å². The number of rotatable bonds is 4. The molecular formula is C16H14Cl6O2. The van der Waals surface area contributed by atoms with E-state index in [0.717, 1.165) is 0 Å². The second kappa shape index (κ2) is 7.82. The van der Waals surface area contributed by atoms with E-state index in [1.807, 2.05) is 13.8 Å². The minimum absolute atomic E-state index is 0.0301. The molecule has 0 bridgehead atoms. The Kier molecular flexibility index (Phi) is 6.67. The Morgan fingerprint density at radius 3 is 2.38 bits per heavy atom. The van der Waals surface area contributed by atoms with Crippen LogP contribution in [0.3, 0.4) is 0 Å². The molecule has 0 amide bonds. The second-order valence-corrected chi connectivity index (χ2v) is 8.79. The summed E-state index contributed by atoms with van der Waals surface area (Å²) in [5.74, 6) is -0.430. The predicted octanol–water partition coefficient (Wildman–Crippen LogP) is 7.32. The van der Waals surface area contributed by atoms with Gasteiger partial charge in [0.05, 0.1) is 26.0 Å². The van der Waals surface area contributed by atoms with Crippen molar-refractivity contribution in [3.63, 3.8) is 0 Å². The Balaban J connectivity index is 2.04. The van der Waals surface area contributed by atoms with E-state index < -0.39 is 0 Å². The van der Waals surface area contributed by atoms with Crippen molar-refractivity contribution >= 4 is 75.6 Å². The average molecular weight is 451 g/mol. The van der Waals surface area contributed by atoms with Crippen molar-refractivity contribution in [2.24, 2.45) is 17.3 Å². The number of carbonyl (C=O) groups excluding carboxylic acids is 1. The van der Waals surface area contributed by atoms with Crippen LogP contribution >= 0.6 is 69.6 Å². The summed E-state index contributed by atoms with van der Waals surface area (Å²) in [6, 6.07) is 1.54. The van der Waals surface area contributed by atoms with Crippen molar-refractivity contribution in [2.75, 3.05) is 0 Å². The van der Waals surface area contributed by atoms with E-state index in [0.29, 0.717) is 12.0 Å². The molecule has 1 aliphatic carbocycles. The summed E-state index contributed by atoms with van der Waals surface area (Å²) in [6.07, 6.45) is 2.38. The van der Waals surface area contributed by atoms with Gasteiger partial charge in [-0.1, -0.05) is 89.5 Å². The van der Waals surface area contributed by atoms with Crippen LogP contribution in [0, 0.1) is 17.3 Å². The number of halogens is 6. The molecule has 1 aliphatic rings. The maximum atomic E-state index is 12.3. The quantitative estimate of drug-likeness (QED) is 0.273. The molecular weight excluding hydrogens is 437 g/mol. The highest BCUT2D eigenvalue weighted by molar-refractivity contribution is 6.55. The maximum Gasteiger partial charge on any atom is 0.309 e. The van der Waals surface area contributed by atoms with Gasteiger partial charge in [0.15, 0.2) is 0 Å². The lowest BCUT2D eigenvalue weighted by molar-refractivity contribution is -0.164. The Morgan fingerprint density at radius 1 is 1.21 bits per heavy atom. The molecule has 132 valence electrons. The topological polar surface area (TPSA) is 26.3 Å². The number of hydrogen-bond acceptors (Lipinski definition) is 2. The zero-order chi connectivity index (χ0) is 18.2. The van der Waals surface area contributed by atoms with Crippen molar-refractivity contribution in [3.8, 4) is 0 Å². The molecule has 0 aliphatic heterocycles. The van der Waals surface area contributed by atoms with Crippen LogP contribution in [-0.2, 0) is 16.1 Å². The summed E-state index contributed by atoms with van der Waals surface area (Å²) in [6.45, 7) is 3.92. The lowest BCUT2D eigenvalue weighted by atomic mass is 9.55. The Hall–Kier alpha value is 0.170. The Bertz CT molecular complexity index is 694. The van der Waals surface area contributed by atoms with Gasteiger partial charge in [0.1, 0.15) is 11.1 Å². The molecule has 1 aromatic rings. The third kappa shape index (κ3) is 4.11. The number of ether oxygens (including phenoxy) is 1. The van der Waals surface area contributed by atoms with Crippen LogP contribution in [0.5, 0.6) is 0 Å². The fraction of sp³-hybridized carbons (Fsp3) is 0.438. The molecule has 0 heterocycles. The molecule has 2 atom stereocenters. The Morgan fingerprint density at radius 2 is 1.83 bits per heavy atom. The van der Waals surface area contributed by atoms with Gasteiger partial charge in [-0.05, 0) is 23.8 Å². The van der Waals surface area contributed by atoms with Crippen molar-refractivity contribution in [1.29, 1.82) is 0 Å². The summed E-state index contributed by atoms with van der Waals surface area (Å²) < 4.78 is 5.59. The van der Waals surface area contributed by atoms with Gasteiger partial charge in [0.25, 0.3) is 0 Å². The third-order valence-electron chi connectivity index (χ3n) is 4.50. The van der Waals surface area contributed by atoms with E-state index in [2.05, 4.69) is 0 Å². The lowest BCUT2D eigenvalue weighted by Gasteiger charge is -2.49. The summed E-state index contributed by atoms with van der Waals surface area (Å²) >= 11 is 35.4. The van der Waals surface area contributed by atoms with Gasteiger partial charge in [-0.2, -0.15) is 0 Å². The van der Waals surface area contributed by atoms with E-state index in [9.17, 15) is 4.79 Å². The molecule has 1 fully saturated rings. The van der Waals surface area contributed by atoms with E-state index in [1.54, 1.807) is 6.08 Å². The molecule has 1 saturated carbocycles. The van der Waals surface area contributed by atoms with E-state index in [1.165, 1.54) is 6.07 Å². The van der Waals surface area contributed by atoms with Crippen LogP contribution in [-0.4, -0.2) is 5.97 Å². The molecule has 2 unspecified atom stereocenters. The van der Waals surface area contributed by atoms with Crippen LogP contribution in [0.1, 0.15) is 25.8 Å². The first-order valence-electron chi connectivity index (χ1n) is 7.07. The molecule has 1 aromatic carbocycles. The predicted molar refractivity (Wildman–Crippen MR) is 101 cm³/mol. The number of benzene rings is 1. The average Bonchev–Trinajstić information content (AvgIpc) is 2.50. The third-order valence-corrected chi connectivity index (χ3v) is 6.55. The smallest absolute Gasteiger partial charge is 0.309 e. The fourth-order valence-electron chi connectivity index (χ4n) is 2.77.